The van der Waals surface area contributed by atoms with Crippen LogP contribution in [-0.2, 0) is 70.9 Å². The summed E-state index contributed by atoms with van der Waals surface area (Å²) in [4.78, 5) is 0. The Labute approximate surface area is 337 Å². The van der Waals surface area contributed by atoms with Gasteiger partial charge < -0.3 is 37.9 Å². The van der Waals surface area contributed by atoms with E-state index in [1.807, 2.05) is 91.0 Å². The summed E-state index contributed by atoms with van der Waals surface area (Å²) in [6.45, 7) is 8.41. The molecule has 8 nitrogen and oxygen atoms in total. The van der Waals surface area contributed by atoms with Crippen LogP contribution in [0, 0.1) is 5.92 Å². The summed E-state index contributed by atoms with van der Waals surface area (Å²) in [5.74, 6) is -0.0242. The van der Waals surface area contributed by atoms with Crippen molar-refractivity contribution in [2.45, 2.75) is 109 Å². The molecule has 57 heavy (non-hydrogen) atoms. The molecule has 5 aromatic carbocycles. The summed E-state index contributed by atoms with van der Waals surface area (Å²) in [6.07, 6.45) is -4.34. The monoisotopic (exact) mass is 772 g/mol. The third-order valence-corrected chi connectivity index (χ3v) is 10.9. The molecule has 0 radical (unpaired) electrons. The predicted molar refractivity (Wildman–Crippen MR) is 219 cm³/mol. The topological polar surface area (TPSA) is 73.8 Å². The zero-order chi connectivity index (χ0) is 39.2. The first-order valence-corrected chi connectivity index (χ1v) is 20.2. The molecular formula is C49H56O8. The highest BCUT2D eigenvalue weighted by Crippen LogP contribution is 2.37. The average Bonchev–Trinajstić information content (AvgIpc) is 3.25. The Morgan fingerprint density at radius 1 is 0.386 bits per heavy atom. The third-order valence-electron chi connectivity index (χ3n) is 10.9. The molecule has 5 aromatic rings. The molecule has 0 aromatic heterocycles. The molecular weight excluding hydrogens is 717 g/mol. The normalized spacial score (nSPS) is 27.6. The van der Waals surface area contributed by atoms with Crippen molar-refractivity contribution in [3.8, 4) is 0 Å². The van der Waals surface area contributed by atoms with Crippen LogP contribution in [0.15, 0.2) is 152 Å². The quantitative estimate of drug-likeness (QED) is 0.0874. The minimum Gasteiger partial charge on any atom is -0.374 e. The second-order valence-corrected chi connectivity index (χ2v) is 15.1. The van der Waals surface area contributed by atoms with Gasteiger partial charge in [-0.3, -0.25) is 0 Å². The number of benzene rings is 5. The first-order chi connectivity index (χ1) is 28.0. The van der Waals surface area contributed by atoms with E-state index >= 15 is 0 Å². The Balaban J connectivity index is 1.23. The predicted octanol–water partition coefficient (Wildman–Crippen LogP) is 9.10. The van der Waals surface area contributed by atoms with Gasteiger partial charge in [0.2, 0.25) is 0 Å². The van der Waals surface area contributed by atoms with Crippen molar-refractivity contribution in [2.75, 3.05) is 6.61 Å². The van der Waals surface area contributed by atoms with Crippen molar-refractivity contribution >= 4 is 0 Å². The largest absolute Gasteiger partial charge is 0.374 e. The number of ether oxygens (including phenoxy) is 8. The Kier molecular flexibility index (Phi) is 15.1. The van der Waals surface area contributed by atoms with Crippen molar-refractivity contribution in [3.05, 3.63) is 179 Å². The van der Waals surface area contributed by atoms with Crippen LogP contribution in [0.3, 0.4) is 0 Å². The van der Waals surface area contributed by atoms with Gasteiger partial charge in [-0.2, -0.15) is 0 Å². The standard InChI is InChI=1S/C49H56O8/c1-35-36(2)55-37(3)45(51-30-39-21-11-5-12-22-39)44(35)57-49-48(54-33-42-27-17-8-18-28-42)47(53-32-41-25-15-7-16-26-41)46(52-31-40-23-13-6-14-24-40)43(56-49)34-50-29-38-19-9-4-10-20-38/h4-28,35-37,43-49H,29-34H2,1-3H3/t35?,36?,37?,43-,44+,45+,46-,47?,48?,49+/m0/s1. The van der Waals surface area contributed by atoms with E-state index in [-0.39, 0.29) is 36.9 Å². The summed E-state index contributed by atoms with van der Waals surface area (Å²) in [5, 5.41) is 0. The highest BCUT2D eigenvalue weighted by molar-refractivity contribution is 5.17. The van der Waals surface area contributed by atoms with Gasteiger partial charge in [0.1, 0.15) is 30.5 Å². The Hall–Kier alpha value is -4.22. The summed E-state index contributed by atoms with van der Waals surface area (Å²) in [5.41, 5.74) is 5.26. The zero-order valence-corrected chi connectivity index (χ0v) is 33.2. The summed E-state index contributed by atoms with van der Waals surface area (Å²) in [6, 6.07) is 50.8. The van der Waals surface area contributed by atoms with Crippen LogP contribution < -0.4 is 0 Å². The van der Waals surface area contributed by atoms with Crippen molar-refractivity contribution in [1.82, 2.24) is 0 Å². The van der Waals surface area contributed by atoms with E-state index in [0.29, 0.717) is 33.0 Å². The maximum Gasteiger partial charge on any atom is 0.187 e. The lowest BCUT2D eigenvalue weighted by atomic mass is 9.88. The van der Waals surface area contributed by atoms with E-state index in [1.54, 1.807) is 0 Å². The van der Waals surface area contributed by atoms with E-state index in [4.69, 9.17) is 37.9 Å². The average molecular weight is 773 g/mol. The Bertz CT molecular complexity index is 1850. The molecule has 0 aliphatic carbocycles. The molecule has 10 atom stereocenters. The lowest BCUT2D eigenvalue weighted by Gasteiger charge is -2.49. The molecule has 0 bridgehead atoms. The van der Waals surface area contributed by atoms with E-state index in [1.165, 1.54) is 0 Å². The van der Waals surface area contributed by atoms with Crippen LogP contribution >= 0.6 is 0 Å². The lowest BCUT2D eigenvalue weighted by molar-refractivity contribution is -0.354. The lowest BCUT2D eigenvalue weighted by Crippen LogP contribution is -2.64. The van der Waals surface area contributed by atoms with Crippen LogP contribution in [0.4, 0.5) is 0 Å². The summed E-state index contributed by atoms with van der Waals surface area (Å²) >= 11 is 0. The van der Waals surface area contributed by atoms with Crippen molar-refractivity contribution < 1.29 is 37.9 Å². The van der Waals surface area contributed by atoms with Gasteiger partial charge in [-0.05, 0) is 41.7 Å². The van der Waals surface area contributed by atoms with Gasteiger partial charge >= 0.3 is 0 Å². The fraction of sp³-hybridized carbons (Fsp3) is 0.388. The SMILES string of the molecule is CC1OC(C)[C@@H](OCc2ccccc2)[C@H](O[C@H]2O[C@@H](COCc3ccccc3)[C@H](OCc3ccccc3)C(OCc3ccccc3)C2OCc2ccccc2)C1C. The number of hydrogen-bond acceptors (Lipinski definition) is 8. The van der Waals surface area contributed by atoms with Crippen LogP contribution in [0.25, 0.3) is 0 Å². The molecule has 2 aliphatic rings. The molecule has 0 N–H and O–H groups in total. The van der Waals surface area contributed by atoms with Gasteiger partial charge in [0.15, 0.2) is 6.29 Å². The molecule has 7 rings (SSSR count). The van der Waals surface area contributed by atoms with Crippen molar-refractivity contribution in [3.63, 3.8) is 0 Å². The molecule has 0 spiro atoms. The Morgan fingerprint density at radius 2 is 0.772 bits per heavy atom. The van der Waals surface area contributed by atoms with Gasteiger partial charge in [0.25, 0.3) is 0 Å². The minimum atomic E-state index is -0.857. The molecule has 2 saturated heterocycles. The summed E-state index contributed by atoms with van der Waals surface area (Å²) < 4.78 is 54.6. The van der Waals surface area contributed by atoms with Gasteiger partial charge in [0, 0.05) is 5.92 Å². The smallest absolute Gasteiger partial charge is 0.187 e. The summed E-state index contributed by atoms with van der Waals surface area (Å²) in [7, 11) is 0. The highest BCUT2D eigenvalue weighted by atomic mass is 16.7. The molecule has 300 valence electrons. The van der Waals surface area contributed by atoms with E-state index < -0.39 is 30.7 Å². The van der Waals surface area contributed by atoms with Gasteiger partial charge in [0.05, 0.1) is 58.0 Å². The molecule has 2 fully saturated rings. The minimum absolute atomic E-state index is 0.0242. The van der Waals surface area contributed by atoms with Crippen LogP contribution in [0.2, 0.25) is 0 Å². The van der Waals surface area contributed by atoms with Gasteiger partial charge in [-0.1, -0.05) is 159 Å². The van der Waals surface area contributed by atoms with Crippen LogP contribution in [0.5, 0.6) is 0 Å². The van der Waals surface area contributed by atoms with Gasteiger partial charge in [-0.15, -0.1) is 0 Å². The first kappa shape index (κ1) is 41.0. The fourth-order valence-electron chi connectivity index (χ4n) is 7.58. The molecule has 8 heteroatoms. The molecule has 0 saturated carbocycles. The maximum absolute atomic E-state index is 7.23. The van der Waals surface area contributed by atoms with Crippen molar-refractivity contribution in [1.29, 1.82) is 0 Å². The van der Waals surface area contributed by atoms with Gasteiger partial charge in [-0.25, -0.2) is 0 Å². The number of hydrogen-bond donors (Lipinski definition) is 0. The van der Waals surface area contributed by atoms with Crippen molar-refractivity contribution in [2.24, 2.45) is 5.92 Å². The number of rotatable bonds is 18. The van der Waals surface area contributed by atoms with Crippen LogP contribution in [-0.4, -0.2) is 61.7 Å². The van der Waals surface area contributed by atoms with E-state index in [0.717, 1.165) is 27.8 Å². The second kappa shape index (κ2) is 21.0. The molecule has 2 aliphatic heterocycles. The zero-order valence-electron chi connectivity index (χ0n) is 33.2. The molecule has 2 heterocycles. The highest BCUT2D eigenvalue weighted by Gasteiger charge is 2.52. The Morgan fingerprint density at radius 3 is 1.23 bits per heavy atom. The van der Waals surface area contributed by atoms with Crippen LogP contribution in [0.1, 0.15) is 48.6 Å². The first-order valence-electron chi connectivity index (χ1n) is 20.2. The maximum atomic E-state index is 7.23. The second-order valence-electron chi connectivity index (χ2n) is 15.1. The molecule has 0 amide bonds. The van der Waals surface area contributed by atoms with E-state index in [9.17, 15) is 0 Å². The fourth-order valence-corrected chi connectivity index (χ4v) is 7.58. The third kappa shape index (κ3) is 11.5. The van der Waals surface area contributed by atoms with E-state index in [2.05, 4.69) is 81.4 Å². The molecule has 5 unspecified atom stereocenters.